The third kappa shape index (κ3) is 2.73. The van der Waals surface area contributed by atoms with Crippen molar-refractivity contribution in [1.29, 1.82) is 5.26 Å². The summed E-state index contributed by atoms with van der Waals surface area (Å²) in [6.45, 7) is 0. The number of hydrogen-bond acceptors (Lipinski definition) is 2. The van der Waals surface area contributed by atoms with E-state index < -0.39 is 11.6 Å². The zero-order valence-electron chi connectivity index (χ0n) is 9.42. The molecule has 2 atom stereocenters. The second-order valence-corrected chi connectivity index (χ2v) is 4.40. The first-order chi connectivity index (χ1) is 8.20. The Kier molecular flexibility index (Phi) is 3.58. The fourth-order valence-electron chi connectivity index (χ4n) is 2.26. The van der Waals surface area contributed by atoms with Crippen LogP contribution in [-0.4, -0.2) is 6.04 Å². The summed E-state index contributed by atoms with van der Waals surface area (Å²) in [6, 6.07) is 5.67. The van der Waals surface area contributed by atoms with Gasteiger partial charge in [0.15, 0.2) is 0 Å². The maximum atomic E-state index is 13.5. The molecule has 90 valence electrons. The molecule has 1 aliphatic carbocycles. The lowest BCUT2D eigenvalue weighted by Gasteiger charge is -2.28. The highest BCUT2D eigenvalue weighted by Gasteiger charge is 2.25. The molecule has 0 aromatic heterocycles. The lowest BCUT2D eigenvalue weighted by atomic mass is 9.85. The smallest absolute Gasteiger partial charge is 0.149 e. The van der Waals surface area contributed by atoms with Crippen molar-refractivity contribution in [2.45, 2.75) is 31.7 Å². The molecule has 0 heterocycles. The topological polar surface area (TPSA) is 35.8 Å². The van der Waals surface area contributed by atoms with Crippen molar-refractivity contribution in [1.82, 2.24) is 0 Å². The van der Waals surface area contributed by atoms with E-state index in [-0.39, 0.29) is 17.6 Å². The fourth-order valence-corrected chi connectivity index (χ4v) is 2.26. The van der Waals surface area contributed by atoms with E-state index in [0.29, 0.717) is 0 Å². The Labute approximate surface area is 99.3 Å². The number of hydrogen-bond donors (Lipinski definition) is 1. The highest BCUT2D eigenvalue weighted by atomic mass is 19.1. The molecular weight excluding hydrogens is 222 g/mol. The van der Waals surface area contributed by atoms with Crippen molar-refractivity contribution in [2.75, 3.05) is 5.32 Å². The van der Waals surface area contributed by atoms with E-state index in [9.17, 15) is 8.78 Å². The zero-order chi connectivity index (χ0) is 12.3. The van der Waals surface area contributed by atoms with Gasteiger partial charge in [0.05, 0.1) is 17.7 Å². The molecule has 1 fully saturated rings. The molecule has 1 aromatic rings. The van der Waals surface area contributed by atoms with Gasteiger partial charge in [-0.3, -0.25) is 0 Å². The minimum absolute atomic E-state index is 0.0336. The van der Waals surface area contributed by atoms with Gasteiger partial charge >= 0.3 is 0 Å². The summed E-state index contributed by atoms with van der Waals surface area (Å²) >= 11 is 0. The van der Waals surface area contributed by atoms with Crippen LogP contribution in [0.1, 0.15) is 25.7 Å². The van der Waals surface area contributed by atoms with Crippen LogP contribution in [0.2, 0.25) is 0 Å². The van der Waals surface area contributed by atoms with Crippen LogP contribution in [-0.2, 0) is 0 Å². The van der Waals surface area contributed by atoms with Gasteiger partial charge in [-0.15, -0.1) is 0 Å². The molecule has 0 spiro atoms. The maximum Gasteiger partial charge on any atom is 0.149 e. The molecule has 0 bridgehead atoms. The summed E-state index contributed by atoms with van der Waals surface area (Å²) in [5.74, 6) is -1.28. The summed E-state index contributed by atoms with van der Waals surface area (Å²) in [5, 5.41) is 12.0. The van der Waals surface area contributed by atoms with Gasteiger partial charge in [0.1, 0.15) is 11.6 Å². The van der Waals surface area contributed by atoms with Crippen molar-refractivity contribution in [2.24, 2.45) is 5.92 Å². The van der Waals surface area contributed by atoms with Crippen molar-refractivity contribution >= 4 is 5.69 Å². The first-order valence-corrected chi connectivity index (χ1v) is 5.82. The second kappa shape index (κ2) is 5.13. The predicted octanol–water partition coefficient (Wildman–Crippen LogP) is 3.46. The number of anilines is 1. The summed E-state index contributed by atoms with van der Waals surface area (Å²) in [4.78, 5) is 0. The Morgan fingerprint density at radius 2 is 2.00 bits per heavy atom. The third-order valence-electron chi connectivity index (χ3n) is 3.20. The number of benzene rings is 1. The van der Waals surface area contributed by atoms with Gasteiger partial charge in [-0.05, 0) is 25.0 Å². The van der Waals surface area contributed by atoms with Gasteiger partial charge in [0.2, 0.25) is 0 Å². The van der Waals surface area contributed by atoms with E-state index in [1.54, 1.807) is 0 Å². The van der Waals surface area contributed by atoms with Crippen LogP contribution in [0.5, 0.6) is 0 Å². The van der Waals surface area contributed by atoms with Crippen LogP contribution in [0.15, 0.2) is 18.2 Å². The molecule has 0 amide bonds. The van der Waals surface area contributed by atoms with Gasteiger partial charge in [0, 0.05) is 12.1 Å². The number of halogens is 2. The molecule has 1 saturated carbocycles. The largest absolute Gasteiger partial charge is 0.379 e. The zero-order valence-corrected chi connectivity index (χ0v) is 9.42. The number of nitrogens with zero attached hydrogens (tertiary/aromatic N) is 1. The van der Waals surface area contributed by atoms with E-state index in [1.165, 1.54) is 12.1 Å². The van der Waals surface area contributed by atoms with Crippen LogP contribution in [0.3, 0.4) is 0 Å². The standard InChI is InChI=1S/C13H14F2N2/c14-10-5-6-13(11(15)7-10)17-12-4-2-1-3-9(12)8-16/h5-7,9,12,17H,1-4H2. The van der Waals surface area contributed by atoms with Crippen LogP contribution in [0.4, 0.5) is 14.5 Å². The molecule has 2 unspecified atom stereocenters. The second-order valence-electron chi connectivity index (χ2n) is 4.40. The minimum Gasteiger partial charge on any atom is -0.379 e. The van der Waals surface area contributed by atoms with Crippen LogP contribution in [0, 0.1) is 28.9 Å². The highest BCUT2D eigenvalue weighted by molar-refractivity contribution is 5.46. The van der Waals surface area contributed by atoms with Crippen LogP contribution >= 0.6 is 0 Å². The number of nitrogens with one attached hydrogen (secondary N) is 1. The molecule has 17 heavy (non-hydrogen) atoms. The fraction of sp³-hybridized carbons (Fsp3) is 0.462. The number of nitriles is 1. The Balaban J connectivity index is 2.11. The Hall–Kier alpha value is -1.63. The molecule has 0 saturated heterocycles. The Bertz CT molecular complexity index is 440. The van der Waals surface area contributed by atoms with E-state index in [2.05, 4.69) is 11.4 Å². The molecule has 1 N–H and O–H groups in total. The van der Waals surface area contributed by atoms with E-state index in [0.717, 1.165) is 31.7 Å². The minimum atomic E-state index is -0.604. The molecule has 2 rings (SSSR count). The number of rotatable bonds is 2. The van der Waals surface area contributed by atoms with E-state index in [4.69, 9.17) is 5.26 Å². The summed E-state index contributed by atoms with van der Waals surface area (Å²) in [7, 11) is 0. The van der Waals surface area contributed by atoms with Gasteiger partial charge in [-0.2, -0.15) is 5.26 Å². The lowest BCUT2D eigenvalue weighted by Crippen LogP contribution is -2.31. The Morgan fingerprint density at radius 1 is 1.24 bits per heavy atom. The molecule has 0 radical (unpaired) electrons. The molecule has 0 aliphatic heterocycles. The molecular formula is C13H14F2N2. The van der Waals surface area contributed by atoms with Crippen LogP contribution < -0.4 is 5.32 Å². The first-order valence-electron chi connectivity index (χ1n) is 5.82. The quantitative estimate of drug-likeness (QED) is 0.853. The molecule has 1 aromatic carbocycles. The first kappa shape index (κ1) is 11.8. The summed E-state index contributed by atoms with van der Waals surface area (Å²) in [6.07, 6.45) is 3.78. The maximum absolute atomic E-state index is 13.5. The molecule has 4 heteroatoms. The van der Waals surface area contributed by atoms with E-state index >= 15 is 0 Å². The van der Waals surface area contributed by atoms with E-state index in [1.807, 2.05) is 0 Å². The Morgan fingerprint density at radius 3 is 2.71 bits per heavy atom. The van der Waals surface area contributed by atoms with Crippen LogP contribution in [0.25, 0.3) is 0 Å². The summed E-state index contributed by atoms with van der Waals surface area (Å²) in [5.41, 5.74) is 0.276. The van der Waals surface area contributed by atoms with Gasteiger partial charge in [-0.1, -0.05) is 12.8 Å². The normalized spacial score (nSPS) is 24.1. The SMILES string of the molecule is N#CC1CCCCC1Nc1ccc(F)cc1F. The van der Waals surface area contributed by atoms with Crippen molar-refractivity contribution in [3.05, 3.63) is 29.8 Å². The van der Waals surface area contributed by atoms with Gasteiger partial charge in [0.25, 0.3) is 0 Å². The van der Waals surface area contributed by atoms with Crippen molar-refractivity contribution < 1.29 is 8.78 Å². The average Bonchev–Trinajstić information content (AvgIpc) is 2.33. The predicted molar refractivity (Wildman–Crippen MR) is 61.3 cm³/mol. The molecule has 1 aliphatic rings. The summed E-state index contributed by atoms with van der Waals surface area (Å²) < 4.78 is 26.2. The van der Waals surface area contributed by atoms with Gasteiger partial charge in [-0.25, -0.2) is 8.78 Å². The highest BCUT2D eigenvalue weighted by Crippen LogP contribution is 2.27. The third-order valence-corrected chi connectivity index (χ3v) is 3.20. The van der Waals surface area contributed by atoms with Crippen molar-refractivity contribution in [3.63, 3.8) is 0 Å². The lowest BCUT2D eigenvalue weighted by molar-refractivity contribution is 0.387. The van der Waals surface area contributed by atoms with Gasteiger partial charge < -0.3 is 5.32 Å². The average molecular weight is 236 g/mol. The van der Waals surface area contributed by atoms with Crippen molar-refractivity contribution in [3.8, 4) is 6.07 Å². The monoisotopic (exact) mass is 236 g/mol. The molecule has 2 nitrogen and oxygen atoms in total.